The van der Waals surface area contributed by atoms with Crippen molar-refractivity contribution in [2.24, 2.45) is 0 Å². The Labute approximate surface area is 99.5 Å². The third-order valence-corrected chi connectivity index (χ3v) is 3.59. The maximum absolute atomic E-state index is 11.6. The molecule has 2 unspecified atom stereocenters. The lowest BCUT2D eigenvalue weighted by Gasteiger charge is -2.19. The largest absolute Gasteiger partial charge is 0.464 e. The van der Waals surface area contributed by atoms with Crippen molar-refractivity contribution in [1.82, 2.24) is 0 Å². The van der Waals surface area contributed by atoms with Crippen LogP contribution in [0, 0.1) is 0 Å². The summed E-state index contributed by atoms with van der Waals surface area (Å²) in [6.07, 6.45) is 0.644. The number of hydrogen-bond acceptors (Lipinski definition) is 7. The highest BCUT2D eigenvalue weighted by Gasteiger charge is 2.43. The summed E-state index contributed by atoms with van der Waals surface area (Å²) in [7, 11) is -8.66. The molecule has 8 nitrogen and oxygen atoms in total. The van der Waals surface area contributed by atoms with Crippen molar-refractivity contribution in [2.45, 2.75) is 19.7 Å². The van der Waals surface area contributed by atoms with Gasteiger partial charge in [-0.15, -0.1) is 0 Å². The first-order valence-electron chi connectivity index (χ1n) is 4.66. The van der Waals surface area contributed by atoms with Crippen LogP contribution >= 0.6 is 7.60 Å². The van der Waals surface area contributed by atoms with Crippen LogP contribution < -0.4 is 0 Å². The Balaban J connectivity index is 5.11. The second-order valence-electron chi connectivity index (χ2n) is 2.89. The molecule has 10 heteroatoms. The molecule has 2 atom stereocenters. The predicted octanol–water partition coefficient (Wildman–Crippen LogP) is 0.0737. The van der Waals surface area contributed by atoms with Crippen molar-refractivity contribution >= 4 is 23.7 Å². The Morgan fingerprint density at radius 1 is 1.35 bits per heavy atom. The van der Waals surface area contributed by atoms with Gasteiger partial charge in [0.2, 0.25) is 0 Å². The van der Waals surface area contributed by atoms with Crippen molar-refractivity contribution in [3.63, 3.8) is 0 Å². The number of carbonyl (C=O) groups excluding carboxylic acids is 1. The minimum Gasteiger partial charge on any atom is -0.464 e. The van der Waals surface area contributed by atoms with Gasteiger partial charge in [-0.2, -0.15) is 8.42 Å². The highest BCUT2D eigenvalue weighted by atomic mass is 32.2. The molecular weight excluding hydrogens is 275 g/mol. The maximum Gasteiger partial charge on any atom is 0.369 e. The normalized spacial score (nSPS) is 17.2. The van der Waals surface area contributed by atoms with Gasteiger partial charge in [0, 0.05) is 0 Å². The summed E-state index contributed by atoms with van der Waals surface area (Å²) in [5, 5.41) is 0. The van der Waals surface area contributed by atoms with Crippen molar-refractivity contribution in [3.8, 4) is 0 Å². The van der Waals surface area contributed by atoms with E-state index in [-0.39, 0.29) is 13.2 Å². The van der Waals surface area contributed by atoms with Gasteiger partial charge >= 0.3 is 13.6 Å². The van der Waals surface area contributed by atoms with E-state index in [1.165, 1.54) is 13.8 Å². The van der Waals surface area contributed by atoms with Crippen LogP contribution in [0.4, 0.5) is 0 Å². The van der Waals surface area contributed by atoms with Gasteiger partial charge in [-0.05, 0) is 13.8 Å². The summed E-state index contributed by atoms with van der Waals surface area (Å²) in [5.41, 5.74) is 0. The molecule has 0 saturated heterocycles. The van der Waals surface area contributed by atoms with E-state index in [0.29, 0.717) is 6.26 Å². The molecule has 0 aliphatic carbocycles. The minimum absolute atomic E-state index is 0.0887. The van der Waals surface area contributed by atoms with Crippen LogP contribution in [0.25, 0.3) is 0 Å². The smallest absolute Gasteiger partial charge is 0.369 e. The Morgan fingerprint density at radius 2 is 1.88 bits per heavy atom. The number of carbonyl (C=O) groups is 1. The highest BCUT2D eigenvalue weighted by molar-refractivity contribution is 7.86. The zero-order valence-corrected chi connectivity index (χ0v) is 11.4. The molecule has 102 valence electrons. The molecule has 0 saturated carbocycles. The number of hydrogen-bond donors (Lipinski definition) is 1. The standard InChI is InChI=1S/C7H15O8PS/c1-4-13-6(8)7(15-17(3,11)12)16(9,10)14-5-2/h7H,4-5H2,1-3H3,(H,9,10). The summed E-state index contributed by atoms with van der Waals surface area (Å²) in [4.78, 5) is 20.7. The second kappa shape index (κ2) is 6.46. The quantitative estimate of drug-likeness (QED) is 0.398. The third kappa shape index (κ3) is 6.13. The number of rotatable bonds is 7. The molecule has 0 aromatic heterocycles. The average Bonchev–Trinajstić information content (AvgIpc) is 2.13. The fraction of sp³-hybridized carbons (Fsp3) is 0.857. The fourth-order valence-electron chi connectivity index (χ4n) is 0.859. The van der Waals surface area contributed by atoms with Gasteiger partial charge in [0.05, 0.1) is 19.5 Å². The Hall–Kier alpha value is -0.470. The lowest BCUT2D eigenvalue weighted by atomic mass is 10.7. The van der Waals surface area contributed by atoms with Gasteiger partial charge in [-0.25, -0.2) is 8.98 Å². The first-order valence-corrected chi connectivity index (χ1v) is 8.12. The van der Waals surface area contributed by atoms with E-state index in [0.717, 1.165) is 0 Å². The third-order valence-electron chi connectivity index (χ3n) is 1.36. The van der Waals surface area contributed by atoms with E-state index >= 15 is 0 Å². The Bertz CT molecular complexity index is 402. The minimum atomic E-state index is -4.56. The number of esters is 1. The molecule has 17 heavy (non-hydrogen) atoms. The SMILES string of the molecule is CCOC(=O)C(OS(C)(=O)=O)P(=O)(O)OCC. The van der Waals surface area contributed by atoms with E-state index < -0.39 is 29.5 Å². The molecule has 0 aromatic rings. The van der Waals surface area contributed by atoms with Gasteiger partial charge < -0.3 is 14.2 Å². The molecule has 0 radical (unpaired) electrons. The summed E-state index contributed by atoms with van der Waals surface area (Å²) in [6, 6.07) is 0. The molecule has 0 aromatic carbocycles. The molecule has 0 spiro atoms. The summed E-state index contributed by atoms with van der Waals surface area (Å²) in [6.45, 7) is 2.59. The van der Waals surface area contributed by atoms with E-state index in [1.807, 2.05) is 0 Å². The predicted molar refractivity (Wildman–Crippen MR) is 57.8 cm³/mol. The van der Waals surface area contributed by atoms with Gasteiger partial charge in [0.15, 0.2) is 0 Å². The zero-order chi connectivity index (χ0) is 13.7. The summed E-state index contributed by atoms with van der Waals surface area (Å²) < 4.78 is 46.4. The molecule has 0 heterocycles. The molecule has 0 rings (SSSR count). The first-order chi connectivity index (χ1) is 7.64. The van der Waals surface area contributed by atoms with Crippen LogP contribution in [0.2, 0.25) is 0 Å². The van der Waals surface area contributed by atoms with Crippen LogP contribution in [-0.2, 0) is 32.9 Å². The Kier molecular flexibility index (Phi) is 6.28. The molecule has 0 bridgehead atoms. The first kappa shape index (κ1) is 16.5. The molecule has 0 amide bonds. The Morgan fingerprint density at radius 3 is 2.24 bits per heavy atom. The van der Waals surface area contributed by atoms with Crippen LogP contribution in [-0.4, -0.2) is 44.6 Å². The lowest BCUT2D eigenvalue weighted by Crippen LogP contribution is -2.29. The fourth-order valence-corrected chi connectivity index (χ4v) is 3.02. The molecule has 0 fully saturated rings. The maximum atomic E-state index is 11.6. The van der Waals surface area contributed by atoms with E-state index in [2.05, 4.69) is 13.4 Å². The monoisotopic (exact) mass is 290 g/mol. The van der Waals surface area contributed by atoms with Crippen molar-refractivity contribution < 1.29 is 36.1 Å². The van der Waals surface area contributed by atoms with E-state index in [9.17, 15) is 22.7 Å². The van der Waals surface area contributed by atoms with Crippen LogP contribution in [0.1, 0.15) is 13.8 Å². The highest BCUT2D eigenvalue weighted by Crippen LogP contribution is 2.48. The van der Waals surface area contributed by atoms with Crippen molar-refractivity contribution in [1.29, 1.82) is 0 Å². The van der Waals surface area contributed by atoms with Crippen molar-refractivity contribution in [2.75, 3.05) is 19.5 Å². The van der Waals surface area contributed by atoms with Gasteiger partial charge in [-0.1, -0.05) is 0 Å². The van der Waals surface area contributed by atoms with Crippen LogP contribution in [0.3, 0.4) is 0 Å². The average molecular weight is 290 g/mol. The summed E-state index contributed by atoms with van der Waals surface area (Å²) in [5.74, 6) is -3.46. The van der Waals surface area contributed by atoms with Gasteiger partial charge in [0.25, 0.3) is 16.0 Å². The molecule has 0 aliphatic rings. The van der Waals surface area contributed by atoms with Crippen molar-refractivity contribution in [3.05, 3.63) is 0 Å². The van der Waals surface area contributed by atoms with Gasteiger partial charge in [0.1, 0.15) is 0 Å². The molecule has 0 aliphatic heterocycles. The second-order valence-corrected chi connectivity index (χ2v) is 6.34. The van der Waals surface area contributed by atoms with E-state index in [4.69, 9.17) is 0 Å². The molecule has 1 N–H and O–H groups in total. The van der Waals surface area contributed by atoms with Crippen LogP contribution in [0.5, 0.6) is 0 Å². The van der Waals surface area contributed by atoms with Crippen LogP contribution in [0.15, 0.2) is 0 Å². The topological polar surface area (TPSA) is 116 Å². The van der Waals surface area contributed by atoms with Gasteiger partial charge in [-0.3, -0.25) is 4.57 Å². The molecular formula is C7H15O8PS. The van der Waals surface area contributed by atoms with E-state index in [1.54, 1.807) is 0 Å². The lowest BCUT2D eigenvalue weighted by molar-refractivity contribution is -0.148. The number of ether oxygens (including phenoxy) is 1. The summed E-state index contributed by atoms with van der Waals surface area (Å²) >= 11 is 0. The zero-order valence-electron chi connectivity index (χ0n) is 9.65.